The number of carboxylic acids is 1. The predicted octanol–water partition coefficient (Wildman–Crippen LogP) is 1.23. The fourth-order valence-electron chi connectivity index (χ4n) is 3.68. The van der Waals surface area contributed by atoms with E-state index in [0.29, 0.717) is 0 Å². The minimum atomic E-state index is -1.56. The van der Waals surface area contributed by atoms with Crippen LogP contribution in [0.15, 0.2) is 48.5 Å². The summed E-state index contributed by atoms with van der Waals surface area (Å²) in [6.07, 6.45) is -3.83. The summed E-state index contributed by atoms with van der Waals surface area (Å²) < 4.78 is 5.36. The summed E-state index contributed by atoms with van der Waals surface area (Å²) in [5, 5.41) is 32.5. The van der Waals surface area contributed by atoms with Crippen molar-refractivity contribution in [2.45, 2.75) is 31.0 Å². The van der Waals surface area contributed by atoms with Crippen LogP contribution < -0.4 is 10.6 Å². The molecule has 3 rings (SSSR count). The number of nitrogens with one attached hydrogen (secondary N) is 2. The third-order valence-electron chi connectivity index (χ3n) is 5.27. The number of aliphatic hydroxyl groups is 2. The van der Waals surface area contributed by atoms with E-state index in [9.17, 15) is 19.5 Å². The summed E-state index contributed by atoms with van der Waals surface area (Å²) >= 11 is 0. The number of carbonyl (C=O) groups excluding carboxylic acids is 2. The van der Waals surface area contributed by atoms with Crippen LogP contribution in [0.2, 0.25) is 0 Å². The molecule has 0 fully saturated rings. The van der Waals surface area contributed by atoms with Gasteiger partial charge in [0, 0.05) is 25.4 Å². The maximum atomic E-state index is 12.1. The monoisotopic (exact) mass is 442 g/mol. The minimum absolute atomic E-state index is 0.0428. The quantitative estimate of drug-likeness (QED) is 0.372. The van der Waals surface area contributed by atoms with E-state index in [1.165, 1.54) is 0 Å². The van der Waals surface area contributed by atoms with E-state index in [1.54, 1.807) is 0 Å². The molecule has 2 aromatic rings. The summed E-state index contributed by atoms with van der Waals surface area (Å²) in [6, 6.07) is 15.9. The molecule has 2 amide bonds. The first-order valence-corrected chi connectivity index (χ1v) is 10.3. The standard InChI is InChI=1S/C23H26N2O7/c26-14(11-21(28)24-10-9-20(27)22(29)30)12-25-23(31)32-13-19-17-7-3-1-5-15(17)16-6-2-4-8-18(16)19/h1-8,14,19-20,26-27H,9-13H2,(H,24,28)(H,25,31)(H,29,30)/t14?,20-/m0/s1. The highest BCUT2D eigenvalue weighted by Crippen LogP contribution is 2.44. The smallest absolute Gasteiger partial charge is 0.407 e. The molecular weight excluding hydrogens is 416 g/mol. The lowest BCUT2D eigenvalue weighted by atomic mass is 9.98. The second kappa shape index (κ2) is 10.7. The number of carboxylic acid groups (broad SMARTS) is 1. The molecule has 1 aliphatic carbocycles. The highest BCUT2D eigenvalue weighted by molar-refractivity contribution is 5.79. The molecule has 0 radical (unpaired) electrons. The molecular formula is C23H26N2O7. The fourth-order valence-corrected chi connectivity index (χ4v) is 3.68. The van der Waals surface area contributed by atoms with E-state index >= 15 is 0 Å². The SMILES string of the molecule is O=C(CC(O)CNC(=O)OCC1c2ccccc2-c2ccccc21)NCC[C@H](O)C(=O)O. The maximum Gasteiger partial charge on any atom is 0.407 e. The van der Waals surface area contributed by atoms with Crippen LogP contribution in [0.25, 0.3) is 11.1 Å². The summed E-state index contributed by atoms with van der Waals surface area (Å²) in [4.78, 5) is 34.3. The summed E-state index contributed by atoms with van der Waals surface area (Å²) in [5.41, 5.74) is 4.42. The van der Waals surface area contributed by atoms with Crippen LogP contribution in [-0.2, 0) is 14.3 Å². The zero-order chi connectivity index (χ0) is 23.1. The topological polar surface area (TPSA) is 145 Å². The second-order valence-corrected chi connectivity index (χ2v) is 7.56. The first kappa shape index (κ1) is 23.2. The molecule has 0 aromatic heterocycles. The number of rotatable bonds is 10. The Balaban J connectivity index is 1.41. The highest BCUT2D eigenvalue weighted by Gasteiger charge is 2.29. The molecule has 0 bridgehead atoms. The van der Waals surface area contributed by atoms with Gasteiger partial charge < -0.3 is 30.7 Å². The van der Waals surface area contributed by atoms with Crippen molar-refractivity contribution in [1.29, 1.82) is 0 Å². The average molecular weight is 442 g/mol. The molecule has 0 heterocycles. The summed E-state index contributed by atoms with van der Waals surface area (Å²) in [7, 11) is 0. The van der Waals surface area contributed by atoms with Crippen molar-refractivity contribution in [2.24, 2.45) is 0 Å². The fraction of sp³-hybridized carbons (Fsp3) is 0.348. The van der Waals surface area contributed by atoms with Gasteiger partial charge in [0.05, 0.1) is 12.5 Å². The molecule has 0 spiro atoms. The minimum Gasteiger partial charge on any atom is -0.479 e. The van der Waals surface area contributed by atoms with Crippen molar-refractivity contribution in [2.75, 3.05) is 19.7 Å². The Hall–Kier alpha value is -3.43. The Labute approximate surface area is 185 Å². The summed E-state index contributed by atoms with van der Waals surface area (Å²) in [5.74, 6) is -1.97. The van der Waals surface area contributed by atoms with Gasteiger partial charge in [0.15, 0.2) is 6.10 Å². The predicted molar refractivity (Wildman–Crippen MR) is 115 cm³/mol. The van der Waals surface area contributed by atoms with Crippen molar-refractivity contribution >= 4 is 18.0 Å². The number of amides is 2. The van der Waals surface area contributed by atoms with Gasteiger partial charge in [-0.3, -0.25) is 4.79 Å². The lowest BCUT2D eigenvalue weighted by Crippen LogP contribution is -2.37. The molecule has 0 saturated heterocycles. The Bertz CT molecular complexity index is 933. The van der Waals surface area contributed by atoms with Gasteiger partial charge >= 0.3 is 12.1 Å². The largest absolute Gasteiger partial charge is 0.479 e. The summed E-state index contributed by atoms with van der Waals surface area (Å²) in [6.45, 7) is -0.0803. The maximum absolute atomic E-state index is 12.1. The Kier molecular flexibility index (Phi) is 7.80. The average Bonchev–Trinajstić information content (AvgIpc) is 3.10. The first-order chi connectivity index (χ1) is 15.4. The van der Waals surface area contributed by atoms with Crippen LogP contribution in [0.5, 0.6) is 0 Å². The molecule has 2 atom stereocenters. The zero-order valence-electron chi connectivity index (χ0n) is 17.4. The van der Waals surface area contributed by atoms with Crippen LogP contribution in [0.3, 0.4) is 0 Å². The molecule has 5 N–H and O–H groups in total. The van der Waals surface area contributed by atoms with E-state index in [1.807, 2.05) is 48.5 Å². The van der Waals surface area contributed by atoms with Crippen LogP contribution in [0, 0.1) is 0 Å². The number of hydrogen-bond acceptors (Lipinski definition) is 6. The van der Waals surface area contributed by atoms with E-state index < -0.39 is 30.2 Å². The van der Waals surface area contributed by atoms with Crippen molar-refractivity contribution in [3.05, 3.63) is 59.7 Å². The number of ether oxygens (including phenoxy) is 1. The first-order valence-electron chi connectivity index (χ1n) is 10.3. The van der Waals surface area contributed by atoms with Gasteiger partial charge in [-0.15, -0.1) is 0 Å². The number of aliphatic hydroxyl groups excluding tert-OH is 2. The molecule has 1 aliphatic rings. The van der Waals surface area contributed by atoms with Crippen LogP contribution in [-0.4, -0.2) is 65.2 Å². The lowest BCUT2D eigenvalue weighted by molar-refractivity contribution is -0.147. The Morgan fingerprint density at radius 3 is 2.12 bits per heavy atom. The number of hydrogen-bond donors (Lipinski definition) is 5. The van der Waals surface area contributed by atoms with Crippen molar-refractivity contribution in [3.8, 4) is 11.1 Å². The normalized spacial score (nSPS) is 14.1. The van der Waals surface area contributed by atoms with Crippen molar-refractivity contribution < 1.29 is 34.4 Å². The highest BCUT2D eigenvalue weighted by atomic mass is 16.5. The lowest BCUT2D eigenvalue weighted by Gasteiger charge is -2.16. The van der Waals surface area contributed by atoms with Gasteiger partial charge in [-0.2, -0.15) is 0 Å². The molecule has 0 aliphatic heterocycles. The van der Waals surface area contributed by atoms with E-state index in [-0.39, 0.29) is 38.5 Å². The second-order valence-electron chi connectivity index (χ2n) is 7.56. The number of fused-ring (bicyclic) bond motifs is 3. The van der Waals surface area contributed by atoms with E-state index in [0.717, 1.165) is 22.3 Å². The number of alkyl carbamates (subject to hydrolysis) is 1. The van der Waals surface area contributed by atoms with E-state index in [2.05, 4.69) is 10.6 Å². The van der Waals surface area contributed by atoms with Gasteiger partial charge in [-0.25, -0.2) is 9.59 Å². The van der Waals surface area contributed by atoms with Gasteiger partial charge in [-0.05, 0) is 22.3 Å². The van der Waals surface area contributed by atoms with Gasteiger partial charge in [0.25, 0.3) is 0 Å². The number of aliphatic carboxylic acids is 1. The third-order valence-corrected chi connectivity index (χ3v) is 5.27. The van der Waals surface area contributed by atoms with Crippen LogP contribution >= 0.6 is 0 Å². The molecule has 2 aromatic carbocycles. The van der Waals surface area contributed by atoms with Gasteiger partial charge in [0.2, 0.25) is 5.91 Å². The van der Waals surface area contributed by atoms with Crippen molar-refractivity contribution in [3.63, 3.8) is 0 Å². The Morgan fingerprint density at radius 1 is 0.938 bits per heavy atom. The van der Waals surface area contributed by atoms with Crippen LogP contribution in [0.1, 0.15) is 29.9 Å². The van der Waals surface area contributed by atoms with Crippen molar-refractivity contribution in [1.82, 2.24) is 10.6 Å². The number of benzene rings is 2. The third kappa shape index (κ3) is 5.83. The van der Waals surface area contributed by atoms with Crippen LogP contribution in [0.4, 0.5) is 4.79 Å². The Morgan fingerprint density at radius 2 is 1.53 bits per heavy atom. The molecule has 1 unspecified atom stereocenters. The van der Waals surface area contributed by atoms with E-state index in [4.69, 9.17) is 14.9 Å². The van der Waals surface area contributed by atoms with Gasteiger partial charge in [0.1, 0.15) is 6.61 Å². The molecule has 0 saturated carbocycles. The molecule has 170 valence electrons. The molecule has 32 heavy (non-hydrogen) atoms. The zero-order valence-corrected chi connectivity index (χ0v) is 17.4. The molecule has 9 nitrogen and oxygen atoms in total. The van der Waals surface area contributed by atoms with Gasteiger partial charge in [-0.1, -0.05) is 48.5 Å². The number of carbonyl (C=O) groups is 3. The molecule has 9 heteroatoms.